The van der Waals surface area contributed by atoms with Crippen LogP contribution in [-0.2, 0) is 9.53 Å². The molecule has 1 unspecified atom stereocenters. The molecule has 1 aromatic carbocycles. The summed E-state index contributed by atoms with van der Waals surface area (Å²) in [4.78, 5) is 32.8. The van der Waals surface area contributed by atoms with Crippen molar-refractivity contribution in [3.8, 4) is 5.75 Å². The number of rotatable bonds is 4. The fourth-order valence-electron chi connectivity index (χ4n) is 2.54. The number of hydrogen-bond acceptors (Lipinski definition) is 8. The summed E-state index contributed by atoms with van der Waals surface area (Å²) < 4.78 is 9.53. The second-order valence-corrected chi connectivity index (χ2v) is 4.54. The number of nitro benzene ring substituents is 2. The van der Waals surface area contributed by atoms with Crippen LogP contribution < -0.4 is 10.1 Å². The van der Waals surface area contributed by atoms with E-state index in [1.807, 2.05) is 0 Å². The second-order valence-electron chi connectivity index (χ2n) is 4.54. The molecule has 2 rings (SSSR count). The summed E-state index contributed by atoms with van der Waals surface area (Å²) in [5.74, 6) is -2.00. The van der Waals surface area contributed by atoms with Gasteiger partial charge in [-0.05, 0) is 6.42 Å². The summed E-state index contributed by atoms with van der Waals surface area (Å²) in [6.07, 6.45) is 0.279. The molecule has 0 saturated carbocycles. The zero-order valence-corrected chi connectivity index (χ0v) is 11.8. The first kappa shape index (κ1) is 15.5. The predicted octanol–water partition coefficient (Wildman–Crippen LogP) is 1.58. The number of fused-ring (bicyclic) bond motifs is 1. The van der Waals surface area contributed by atoms with E-state index < -0.39 is 38.9 Å². The number of nitrogens with zero attached hydrogens (tertiary/aromatic N) is 2. The van der Waals surface area contributed by atoms with E-state index in [0.29, 0.717) is 6.54 Å². The van der Waals surface area contributed by atoms with Gasteiger partial charge < -0.3 is 14.8 Å². The zero-order valence-electron chi connectivity index (χ0n) is 11.8. The third-order valence-corrected chi connectivity index (χ3v) is 3.44. The van der Waals surface area contributed by atoms with E-state index in [9.17, 15) is 25.0 Å². The van der Waals surface area contributed by atoms with E-state index in [1.165, 1.54) is 7.11 Å². The zero-order chi connectivity index (χ0) is 16.4. The van der Waals surface area contributed by atoms with Crippen LogP contribution in [0.15, 0.2) is 6.07 Å². The molecule has 22 heavy (non-hydrogen) atoms. The van der Waals surface area contributed by atoms with Crippen molar-refractivity contribution in [2.75, 3.05) is 26.1 Å². The minimum absolute atomic E-state index is 0.0468. The Hall–Kier alpha value is -2.91. The van der Waals surface area contributed by atoms with Gasteiger partial charge in [-0.15, -0.1) is 0 Å². The lowest BCUT2D eigenvalue weighted by molar-refractivity contribution is -0.396. The van der Waals surface area contributed by atoms with Gasteiger partial charge in [0.2, 0.25) is 0 Å². The molecule has 0 saturated heterocycles. The first-order chi connectivity index (χ1) is 10.4. The summed E-state index contributed by atoms with van der Waals surface area (Å²) in [5.41, 5.74) is -0.910. The summed E-state index contributed by atoms with van der Waals surface area (Å²) >= 11 is 0. The van der Waals surface area contributed by atoms with Crippen molar-refractivity contribution in [2.24, 2.45) is 0 Å². The smallest absolute Gasteiger partial charge is 0.324 e. The van der Waals surface area contributed by atoms with Gasteiger partial charge in [-0.1, -0.05) is 0 Å². The van der Waals surface area contributed by atoms with Gasteiger partial charge in [0, 0.05) is 12.6 Å². The van der Waals surface area contributed by atoms with E-state index in [0.717, 1.165) is 13.2 Å². The number of hydrogen-bond donors (Lipinski definition) is 1. The molecule has 0 aromatic heterocycles. The molecule has 1 heterocycles. The molecular formula is C12H13N3O7. The lowest BCUT2D eigenvalue weighted by Crippen LogP contribution is -2.25. The van der Waals surface area contributed by atoms with Crippen LogP contribution >= 0.6 is 0 Å². The predicted molar refractivity (Wildman–Crippen MR) is 74.2 cm³/mol. The van der Waals surface area contributed by atoms with Gasteiger partial charge in [-0.3, -0.25) is 25.0 Å². The summed E-state index contributed by atoms with van der Waals surface area (Å²) in [7, 11) is 2.28. The van der Waals surface area contributed by atoms with Gasteiger partial charge in [-0.2, -0.15) is 0 Å². The molecule has 0 radical (unpaired) electrons. The van der Waals surface area contributed by atoms with Gasteiger partial charge in [0.1, 0.15) is 0 Å². The Labute approximate surface area is 124 Å². The van der Waals surface area contributed by atoms with Crippen LogP contribution in [0.25, 0.3) is 0 Å². The Morgan fingerprint density at radius 3 is 2.50 bits per heavy atom. The van der Waals surface area contributed by atoms with E-state index in [2.05, 4.69) is 10.1 Å². The molecule has 0 fully saturated rings. The van der Waals surface area contributed by atoms with Gasteiger partial charge in [-0.25, -0.2) is 0 Å². The van der Waals surface area contributed by atoms with Crippen LogP contribution in [0.5, 0.6) is 5.75 Å². The standard InChI is InChI=1S/C12H13N3O7/c1-21-11-8(14(17)18)5-7-9(10(11)15(19)20)6(3-4-13-7)12(16)22-2/h5-6,13H,3-4H2,1-2H3. The second kappa shape index (κ2) is 5.84. The molecule has 0 amide bonds. The highest BCUT2D eigenvalue weighted by Crippen LogP contribution is 2.48. The summed E-state index contributed by atoms with van der Waals surface area (Å²) in [6.45, 7) is 0.341. The number of esters is 1. The molecule has 118 valence electrons. The fourth-order valence-corrected chi connectivity index (χ4v) is 2.54. The van der Waals surface area contributed by atoms with E-state index in [-0.39, 0.29) is 17.7 Å². The minimum atomic E-state index is -0.878. The van der Waals surface area contributed by atoms with Crippen molar-refractivity contribution in [3.63, 3.8) is 0 Å². The number of nitrogens with one attached hydrogen (secondary N) is 1. The molecule has 0 spiro atoms. The number of anilines is 1. The largest absolute Gasteiger partial charge is 0.485 e. The quantitative estimate of drug-likeness (QED) is 0.503. The molecule has 1 atom stereocenters. The van der Waals surface area contributed by atoms with Crippen molar-refractivity contribution in [1.82, 2.24) is 0 Å². The summed E-state index contributed by atoms with van der Waals surface area (Å²) in [5, 5.41) is 25.3. The highest BCUT2D eigenvalue weighted by Gasteiger charge is 2.41. The number of nitro groups is 2. The van der Waals surface area contributed by atoms with Gasteiger partial charge in [0.05, 0.1) is 41.2 Å². The maximum absolute atomic E-state index is 11.9. The van der Waals surface area contributed by atoms with E-state index >= 15 is 0 Å². The highest BCUT2D eigenvalue weighted by atomic mass is 16.6. The van der Waals surface area contributed by atoms with E-state index in [4.69, 9.17) is 4.74 Å². The molecule has 0 bridgehead atoms. The first-order valence-corrected chi connectivity index (χ1v) is 6.27. The van der Waals surface area contributed by atoms with Crippen LogP contribution in [0.1, 0.15) is 17.9 Å². The van der Waals surface area contributed by atoms with Crippen molar-refractivity contribution in [1.29, 1.82) is 0 Å². The van der Waals surface area contributed by atoms with Crippen LogP contribution in [0.2, 0.25) is 0 Å². The normalized spacial score (nSPS) is 16.2. The Bertz CT molecular complexity index is 659. The molecule has 10 nitrogen and oxygen atoms in total. The lowest BCUT2D eigenvalue weighted by atomic mass is 9.88. The maximum Gasteiger partial charge on any atom is 0.324 e. The van der Waals surface area contributed by atoms with Crippen molar-refractivity contribution >= 4 is 23.0 Å². The first-order valence-electron chi connectivity index (χ1n) is 6.27. The van der Waals surface area contributed by atoms with Gasteiger partial charge in [0.25, 0.3) is 5.75 Å². The van der Waals surface area contributed by atoms with Crippen LogP contribution in [0, 0.1) is 20.2 Å². The Morgan fingerprint density at radius 2 is 2.00 bits per heavy atom. The molecule has 0 aliphatic carbocycles. The molecule has 1 aliphatic rings. The van der Waals surface area contributed by atoms with Crippen LogP contribution in [0.3, 0.4) is 0 Å². The number of benzene rings is 1. The van der Waals surface area contributed by atoms with Gasteiger partial charge >= 0.3 is 17.3 Å². The molecular weight excluding hydrogens is 298 g/mol. The SMILES string of the molecule is COC(=O)C1CCNc2cc([N+](=O)[O-])c(OC)c([N+](=O)[O-])c21. The third kappa shape index (κ3) is 2.38. The Morgan fingerprint density at radius 1 is 1.32 bits per heavy atom. The summed E-state index contributed by atoms with van der Waals surface area (Å²) in [6, 6.07) is 1.14. The van der Waals surface area contributed by atoms with Crippen molar-refractivity contribution < 1.29 is 24.1 Å². The number of methoxy groups -OCH3 is 2. The Balaban J connectivity index is 2.81. The Kier molecular flexibility index (Phi) is 4.11. The third-order valence-electron chi connectivity index (χ3n) is 3.44. The molecule has 1 N–H and O–H groups in total. The van der Waals surface area contributed by atoms with Crippen LogP contribution in [-0.4, -0.2) is 36.6 Å². The highest BCUT2D eigenvalue weighted by molar-refractivity contribution is 5.87. The van der Waals surface area contributed by atoms with E-state index in [1.54, 1.807) is 0 Å². The van der Waals surface area contributed by atoms with Crippen molar-refractivity contribution in [3.05, 3.63) is 31.9 Å². The average Bonchev–Trinajstić information content (AvgIpc) is 2.50. The monoisotopic (exact) mass is 311 g/mol. The number of ether oxygens (including phenoxy) is 2. The minimum Gasteiger partial charge on any atom is -0.485 e. The van der Waals surface area contributed by atoms with Crippen LogP contribution in [0.4, 0.5) is 17.1 Å². The topological polar surface area (TPSA) is 134 Å². The molecule has 1 aromatic rings. The lowest BCUT2D eigenvalue weighted by Gasteiger charge is -2.25. The molecule has 1 aliphatic heterocycles. The fraction of sp³-hybridized carbons (Fsp3) is 0.417. The van der Waals surface area contributed by atoms with Gasteiger partial charge in [0.15, 0.2) is 0 Å². The number of carbonyl (C=O) groups excluding carboxylic acids is 1. The maximum atomic E-state index is 11.9. The number of carbonyl (C=O) groups is 1. The molecule has 10 heteroatoms. The average molecular weight is 311 g/mol. The van der Waals surface area contributed by atoms with Crippen molar-refractivity contribution in [2.45, 2.75) is 12.3 Å².